The molecule has 1 aromatic carbocycles. The Morgan fingerprint density at radius 1 is 1.26 bits per heavy atom. The molecule has 1 saturated heterocycles. The van der Waals surface area contributed by atoms with Gasteiger partial charge < -0.3 is 10.2 Å². The van der Waals surface area contributed by atoms with Crippen molar-refractivity contribution in [2.45, 2.75) is 32.7 Å². The number of carbonyl (C=O) groups is 1. The van der Waals surface area contributed by atoms with Crippen LogP contribution in [0.1, 0.15) is 33.8 Å². The Morgan fingerprint density at radius 3 is 2.70 bits per heavy atom. The van der Waals surface area contributed by atoms with Crippen molar-refractivity contribution in [1.82, 2.24) is 10.2 Å². The fraction of sp³-hybridized carbons (Fsp3) is 0.421. The van der Waals surface area contributed by atoms with E-state index in [1.54, 1.807) is 11.3 Å². The van der Waals surface area contributed by atoms with E-state index in [1.165, 1.54) is 16.0 Å². The van der Waals surface area contributed by atoms with Crippen LogP contribution in [0.15, 0.2) is 36.4 Å². The number of rotatable bonds is 4. The number of nitrogens with one attached hydrogen (secondary N) is 1. The molecule has 0 spiro atoms. The van der Waals surface area contributed by atoms with E-state index in [2.05, 4.69) is 55.6 Å². The second kappa shape index (κ2) is 7.28. The molecule has 0 radical (unpaired) electrons. The molecular formula is C19H24N2OS. The summed E-state index contributed by atoms with van der Waals surface area (Å²) in [5, 5.41) is 3.42. The number of piperazine rings is 1. The van der Waals surface area contributed by atoms with Crippen molar-refractivity contribution < 1.29 is 4.79 Å². The Balaban J connectivity index is 1.75. The van der Waals surface area contributed by atoms with Crippen molar-refractivity contribution >= 4 is 17.2 Å². The van der Waals surface area contributed by atoms with E-state index in [-0.39, 0.29) is 11.9 Å². The second-order valence-electron chi connectivity index (χ2n) is 6.09. The molecule has 1 aromatic heterocycles. The molecule has 0 aliphatic carbocycles. The average molecular weight is 328 g/mol. The Kier molecular flexibility index (Phi) is 5.13. The van der Waals surface area contributed by atoms with Gasteiger partial charge in [0.1, 0.15) is 0 Å². The first-order valence-electron chi connectivity index (χ1n) is 8.31. The van der Waals surface area contributed by atoms with E-state index in [9.17, 15) is 4.79 Å². The number of nitrogens with zero attached hydrogens (tertiary/aromatic N) is 1. The highest BCUT2D eigenvalue weighted by Crippen LogP contribution is 2.25. The van der Waals surface area contributed by atoms with Gasteiger partial charge in [0.25, 0.3) is 0 Å². The van der Waals surface area contributed by atoms with Gasteiger partial charge in [-0.25, -0.2) is 0 Å². The maximum Gasteiger partial charge on any atom is 0.228 e. The Bertz CT molecular complexity index is 662. The third-order valence-electron chi connectivity index (χ3n) is 4.46. The van der Waals surface area contributed by atoms with Gasteiger partial charge in [0.2, 0.25) is 5.91 Å². The van der Waals surface area contributed by atoms with Crippen molar-refractivity contribution in [1.29, 1.82) is 0 Å². The Hall–Kier alpha value is -1.65. The first kappa shape index (κ1) is 16.2. The van der Waals surface area contributed by atoms with E-state index < -0.39 is 0 Å². The monoisotopic (exact) mass is 328 g/mol. The normalized spacial score (nSPS) is 18.2. The van der Waals surface area contributed by atoms with Crippen LogP contribution in [-0.4, -0.2) is 30.4 Å². The number of amides is 1. The van der Waals surface area contributed by atoms with Gasteiger partial charge in [0.05, 0.1) is 12.5 Å². The molecule has 0 bridgehead atoms. The van der Waals surface area contributed by atoms with E-state index in [1.807, 2.05) is 4.90 Å². The zero-order chi connectivity index (χ0) is 16.2. The summed E-state index contributed by atoms with van der Waals surface area (Å²) in [6.07, 6.45) is 1.56. The summed E-state index contributed by atoms with van der Waals surface area (Å²) < 4.78 is 0. The van der Waals surface area contributed by atoms with Crippen LogP contribution in [0.5, 0.6) is 0 Å². The minimum Gasteiger partial charge on any atom is -0.333 e. The summed E-state index contributed by atoms with van der Waals surface area (Å²) in [6, 6.07) is 13.0. The number of aryl methyl sites for hydroxylation is 2. The maximum atomic E-state index is 12.8. The number of benzene rings is 1. The van der Waals surface area contributed by atoms with Gasteiger partial charge in [-0.1, -0.05) is 31.2 Å². The molecule has 1 amide bonds. The fourth-order valence-electron chi connectivity index (χ4n) is 3.11. The predicted octanol–water partition coefficient (Wildman–Crippen LogP) is 3.33. The first-order valence-corrected chi connectivity index (χ1v) is 9.13. The van der Waals surface area contributed by atoms with Crippen LogP contribution >= 0.6 is 11.3 Å². The lowest BCUT2D eigenvalue weighted by atomic mass is 10.0. The predicted molar refractivity (Wildman–Crippen MR) is 95.9 cm³/mol. The smallest absolute Gasteiger partial charge is 0.228 e. The van der Waals surface area contributed by atoms with Crippen LogP contribution in [0.2, 0.25) is 0 Å². The van der Waals surface area contributed by atoms with Crippen molar-refractivity contribution in [2.75, 3.05) is 19.6 Å². The van der Waals surface area contributed by atoms with Gasteiger partial charge in [-0.05, 0) is 36.6 Å². The van der Waals surface area contributed by atoms with Crippen LogP contribution in [0.25, 0.3) is 0 Å². The maximum absolute atomic E-state index is 12.8. The molecule has 3 rings (SSSR count). The third kappa shape index (κ3) is 3.82. The number of carbonyl (C=O) groups excluding carboxylic acids is 1. The molecule has 3 nitrogen and oxygen atoms in total. The van der Waals surface area contributed by atoms with Crippen molar-refractivity contribution in [3.05, 3.63) is 57.3 Å². The lowest BCUT2D eigenvalue weighted by molar-refractivity contribution is -0.133. The van der Waals surface area contributed by atoms with E-state index in [0.717, 1.165) is 30.9 Å². The highest BCUT2D eigenvalue weighted by Gasteiger charge is 2.27. The third-order valence-corrected chi connectivity index (χ3v) is 5.46. The minimum absolute atomic E-state index is 0.142. The van der Waals surface area contributed by atoms with Gasteiger partial charge >= 0.3 is 0 Å². The second-order valence-corrected chi connectivity index (χ2v) is 7.46. The molecule has 122 valence electrons. The molecule has 0 saturated carbocycles. The topological polar surface area (TPSA) is 32.3 Å². The zero-order valence-corrected chi connectivity index (χ0v) is 14.7. The molecule has 1 atom stereocenters. The molecule has 1 aliphatic rings. The Morgan fingerprint density at radius 2 is 2.04 bits per heavy atom. The quantitative estimate of drug-likeness (QED) is 0.933. The molecule has 23 heavy (non-hydrogen) atoms. The summed E-state index contributed by atoms with van der Waals surface area (Å²) in [5.41, 5.74) is 2.56. The van der Waals surface area contributed by atoms with Crippen LogP contribution in [0.4, 0.5) is 0 Å². The van der Waals surface area contributed by atoms with Crippen LogP contribution < -0.4 is 5.32 Å². The summed E-state index contributed by atoms with van der Waals surface area (Å²) in [7, 11) is 0. The Labute approximate surface area is 142 Å². The molecule has 1 unspecified atom stereocenters. The zero-order valence-electron chi connectivity index (χ0n) is 13.8. The molecular weight excluding hydrogens is 304 g/mol. The summed E-state index contributed by atoms with van der Waals surface area (Å²) in [4.78, 5) is 17.3. The number of hydrogen-bond donors (Lipinski definition) is 1. The fourth-order valence-corrected chi connectivity index (χ4v) is 3.99. The van der Waals surface area contributed by atoms with Crippen molar-refractivity contribution in [3.63, 3.8) is 0 Å². The van der Waals surface area contributed by atoms with Gasteiger partial charge in [0.15, 0.2) is 0 Å². The van der Waals surface area contributed by atoms with E-state index >= 15 is 0 Å². The van der Waals surface area contributed by atoms with Crippen LogP contribution in [0.3, 0.4) is 0 Å². The number of hydrogen-bond acceptors (Lipinski definition) is 3. The molecule has 2 aromatic rings. The van der Waals surface area contributed by atoms with Gasteiger partial charge in [-0.15, -0.1) is 11.3 Å². The van der Waals surface area contributed by atoms with Gasteiger partial charge in [0, 0.05) is 29.4 Å². The summed E-state index contributed by atoms with van der Waals surface area (Å²) >= 11 is 1.72. The van der Waals surface area contributed by atoms with Crippen molar-refractivity contribution in [2.24, 2.45) is 0 Å². The largest absolute Gasteiger partial charge is 0.333 e. The molecule has 1 N–H and O–H groups in total. The number of thiophene rings is 1. The van der Waals surface area contributed by atoms with Gasteiger partial charge in [-0.2, -0.15) is 0 Å². The van der Waals surface area contributed by atoms with Crippen molar-refractivity contribution in [3.8, 4) is 0 Å². The molecule has 1 fully saturated rings. The lowest BCUT2D eigenvalue weighted by Gasteiger charge is -2.36. The highest BCUT2D eigenvalue weighted by molar-refractivity contribution is 7.12. The van der Waals surface area contributed by atoms with Crippen LogP contribution in [-0.2, 0) is 17.6 Å². The SMILES string of the molecule is CCc1ccc(C2CNCCN2C(=O)Cc2ccc(C)s2)cc1. The summed E-state index contributed by atoms with van der Waals surface area (Å²) in [5.74, 6) is 0.234. The van der Waals surface area contributed by atoms with E-state index in [4.69, 9.17) is 0 Å². The molecule has 4 heteroatoms. The first-order chi connectivity index (χ1) is 11.2. The molecule has 2 heterocycles. The summed E-state index contributed by atoms with van der Waals surface area (Å²) in [6.45, 7) is 6.74. The van der Waals surface area contributed by atoms with Crippen LogP contribution in [0, 0.1) is 6.92 Å². The standard InChI is InChI=1S/C19H24N2OS/c1-3-15-5-7-16(8-6-15)18-13-20-10-11-21(18)19(22)12-17-9-4-14(2)23-17/h4-9,18,20H,3,10-13H2,1-2H3. The molecule has 1 aliphatic heterocycles. The lowest BCUT2D eigenvalue weighted by Crippen LogP contribution is -2.49. The highest BCUT2D eigenvalue weighted by atomic mass is 32.1. The van der Waals surface area contributed by atoms with E-state index in [0.29, 0.717) is 6.42 Å². The minimum atomic E-state index is 0.142. The van der Waals surface area contributed by atoms with Gasteiger partial charge in [-0.3, -0.25) is 4.79 Å². The average Bonchev–Trinajstić information content (AvgIpc) is 3.00.